The summed E-state index contributed by atoms with van der Waals surface area (Å²) in [6.45, 7) is 1.81. The summed E-state index contributed by atoms with van der Waals surface area (Å²) in [5.74, 6) is 0.710. The van der Waals surface area contributed by atoms with E-state index in [0.717, 1.165) is 21.8 Å². The molecule has 26 heavy (non-hydrogen) atoms. The average Bonchev–Trinajstić information content (AvgIpc) is 2.62. The Kier molecular flexibility index (Phi) is 6.08. The van der Waals surface area contributed by atoms with Gasteiger partial charge >= 0.3 is 8.25 Å². The van der Waals surface area contributed by atoms with Gasteiger partial charge in [0.05, 0.1) is 17.1 Å². The van der Waals surface area contributed by atoms with Crippen LogP contribution < -0.4 is 10.1 Å². The molecule has 3 N–H and O–H groups in total. The van der Waals surface area contributed by atoms with Crippen LogP contribution >= 0.6 is 8.25 Å². The number of hydrogen-bond donors (Lipinski definition) is 3. The van der Waals surface area contributed by atoms with Crippen LogP contribution in [0.3, 0.4) is 0 Å². The van der Waals surface area contributed by atoms with Gasteiger partial charge in [0, 0.05) is 21.9 Å². The summed E-state index contributed by atoms with van der Waals surface area (Å²) in [6, 6.07) is 15.4. The summed E-state index contributed by atoms with van der Waals surface area (Å²) in [5.41, 5.74) is 1.67. The van der Waals surface area contributed by atoms with Gasteiger partial charge < -0.3 is 9.84 Å². The van der Waals surface area contributed by atoms with Gasteiger partial charge in [-0.15, -0.1) is 9.42 Å². The molecule has 8 heteroatoms. The fourth-order valence-corrected chi connectivity index (χ4v) is 3.18. The molecule has 0 spiro atoms. The Morgan fingerprint density at radius 2 is 1.69 bits per heavy atom. The molecule has 3 unspecified atom stereocenters. The molecule has 1 heterocycles. The van der Waals surface area contributed by atoms with Crippen molar-refractivity contribution in [3.05, 3.63) is 48.5 Å². The predicted octanol–water partition coefficient (Wildman–Crippen LogP) is 2.73. The summed E-state index contributed by atoms with van der Waals surface area (Å²) >= 11 is 0. The minimum absolute atomic E-state index is 0.146. The highest BCUT2D eigenvalue weighted by molar-refractivity contribution is 7.32. The van der Waals surface area contributed by atoms with E-state index in [2.05, 4.69) is 10.3 Å². The van der Waals surface area contributed by atoms with Crippen molar-refractivity contribution in [3.8, 4) is 5.75 Å². The van der Waals surface area contributed by atoms with Crippen LogP contribution in [0, 0.1) is 0 Å². The van der Waals surface area contributed by atoms with E-state index in [-0.39, 0.29) is 13.3 Å². The highest BCUT2D eigenvalue weighted by atomic mass is 31.1. The third-order valence-electron chi connectivity index (χ3n) is 3.97. The van der Waals surface area contributed by atoms with Crippen molar-refractivity contribution in [2.24, 2.45) is 0 Å². The van der Waals surface area contributed by atoms with E-state index in [1.54, 1.807) is 0 Å². The first kappa shape index (κ1) is 18.6. The van der Waals surface area contributed by atoms with Gasteiger partial charge in [-0.3, -0.25) is 5.32 Å². The molecule has 3 rings (SSSR count). The predicted molar refractivity (Wildman–Crippen MR) is 99.1 cm³/mol. The van der Waals surface area contributed by atoms with Crippen LogP contribution in [0.5, 0.6) is 5.75 Å². The Balaban J connectivity index is 1.76. The molecule has 0 fully saturated rings. The zero-order valence-corrected chi connectivity index (χ0v) is 15.1. The molecule has 0 aliphatic rings. The van der Waals surface area contributed by atoms with E-state index in [4.69, 9.17) is 14.2 Å². The molecule has 0 amide bonds. The Bertz CT molecular complexity index is 864. The first-order valence-electron chi connectivity index (χ1n) is 8.18. The second kappa shape index (κ2) is 8.49. The lowest BCUT2D eigenvalue weighted by molar-refractivity contribution is 0.0435. The third kappa shape index (κ3) is 4.33. The number of fused-ring (bicyclic) bond motifs is 2. The molecule has 0 aliphatic heterocycles. The van der Waals surface area contributed by atoms with E-state index >= 15 is 0 Å². The highest BCUT2D eigenvalue weighted by Gasteiger charge is 2.26. The van der Waals surface area contributed by atoms with Gasteiger partial charge in [-0.1, -0.05) is 24.3 Å². The van der Waals surface area contributed by atoms with Gasteiger partial charge in [0.25, 0.3) is 0 Å². The molecule has 3 aromatic rings. The first-order valence-corrected chi connectivity index (χ1v) is 9.31. The SMILES string of the molecule is CC(O)C(CNCOc1c2ccccc2nc2ccccc12)O[P+](=O)O. The van der Waals surface area contributed by atoms with Crippen molar-refractivity contribution in [2.45, 2.75) is 19.1 Å². The molecule has 0 aliphatic carbocycles. The van der Waals surface area contributed by atoms with Crippen LogP contribution in [0.4, 0.5) is 0 Å². The van der Waals surface area contributed by atoms with E-state index in [1.807, 2.05) is 48.5 Å². The zero-order chi connectivity index (χ0) is 18.5. The standard InChI is InChI=1S/C18H19N2O5P/c1-12(21)17(25-26(22)23)10-19-11-24-18-13-6-2-4-8-15(13)20-16-9-5-3-7-14(16)18/h2-9,12,17,19,21H,10-11H2,1H3/p+1. The summed E-state index contributed by atoms with van der Waals surface area (Å²) < 4.78 is 21.5. The summed E-state index contributed by atoms with van der Waals surface area (Å²) in [7, 11) is -2.78. The molecule has 0 saturated heterocycles. The van der Waals surface area contributed by atoms with E-state index in [0.29, 0.717) is 5.75 Å². The molecule has 2 aromatic carbocycles. The number of nitrogens with zero attached hydrogens (tertiary/aromatic N) is 1. The van der Waals surface area contributed by atoms with Crippen LogP contribution in [0.1, 0.15) is 6.92 Å². The normalized spacial score (nSPS) is 14.3. The van der Waals surface area contributed by atoms with Crippen LogP contribution in [0.25, 0.3) is 21.8 Å². The first-order chi connectivity index (χ1) is 12.6. The largest absolute Gasteiger partial charge is 0.695 e. The topological polar surface area (TPSA) is 101 Å². The van der Waals surface area contributed by atoms with Crippen molar-refractivity contribution < 1.29 is 23.8 Å². The average molecular weight is 375 g/mol. The molecule has 0 bridgehead atoms. The number of hydrogen-bond acceptors (Lipinski definition) is 6. The second-order valence-corrected chi connectivity index (χ2v) is 6.53. The summed E-state index contributed by atoms with van der Waals surface area (Å²) in [6.07, 6.45) is -1.70. The number of ether oxygens (including phenoxy) is 1. The Hall–Kier alpha value is -2.15. The number of para-hydroxylation sites is 2. The number of rotatable bonds is 8. The smallest absolute Gasteiger partial charge is 0.477 e. The van der Waals surface area contributed by atoms with Gasteiger partial charge in [0.2, 0.25) is 0 Å². The van der Waals surface area contributed by atoms with Gasteiger partial charge in [-0.25, -0.2) is 4.98 Å². The van der Waals surface area contributed by atoms with Gasteiger partial charge in [-0.05, 0) is 31.2 Å². The number of aromatic nitrogens is 1. The van der Waals surface area contributed by atoms with Crippen LogP contribution in [0.15, 0.2) is 48.5 Å². The maximum Gasteiger partial charge on any atom is 0.695 e. The molecular formula is C18H20N2O5P+. The summed E-state index contributed by atoms with van der Waals surface area (Å²) in [5, 5.41) is 14.4. The van der Waals surface area contributed by atoms with E-state index in [1.165, 1.54) is 6.92 Å². The van der Waals surface area contributed by atoms with Crippen LogP contribution in [-0.2, 0) is 9.09 Å². The van der Waals surface area contributed by atoms with Crippen molar-refractivity contribution in [3.63, 3.8) is 0 Å². The molecule has 3 atom stereocenters. The number of benzene rings is 2. The second-order valence-electron chi connectivity index (χ2n) is 5.84. The lowest BCUT2D eigenvalue weighted by Crippen LogP contribution is -2.37. The van der Waals surface area contributed by atoms with Crippen molar-refractivity contribution >= 4 is 30.1 Å². The quantitative estimate of drug-likeness (QED) is 0.241. The molecule has 0 radical (unpaired) electrons. The molecule has 7 nitrogen and oxygen atoms in total. The number of pyridine rings is 1. The number of aliphatic hydroxyl groups is 1. The molecule has 1 aromatic heterocycles. The molecular weight excluding hydrogens is 355 g/mol. The third-order valence-corrected chi connectivity index (χ3v) is 4.42. The van der Waals surface area contributed by atoms with Crippen molar-refractivity contribution in [1.29, 1.82) is 0 Å². The maximum atomic E-state index is 10.8. The number of aliphatic hydroxyl groups excluding tert-OH is 1. The van der Waals surface area contributed by atoms with Gasteiger partial charge in [-0.2, -0.15) is 0 Å². The van der Waals surface area contributed by atoms with Crippen LogP contribution in [0.2, 0.25) is 0 Å². The maximum absolute atomic E-state index is 10.8. The van der Waals surface area contributed by atoms with E-state index < -0.39 is 20.5 Å². The lowest BCUT2D eigenvalue weighted by atomic mass is 10.1. The molecule has 136 valence electrons. The summed E-state index contributed by atoms with van der Waals surface area (Å²) in [4.78, 5) is 13.5. The minimum Gasteiger partial charge on any atom is -0.477 e. The Morgan fingerprint density at radius 1 is 1.12 bits per heavy atom. The van der Waals surface area contributed by atoms with Crippen LogP contribution in [-0.4, -0.2) is 40.5 Å². The molecule has 0 saturated carbocycles. The zero-order valence-electron chi connectivity index (χ0n) is 14.2. The number of nitrogens with one attached hydrogen (secondary N) is 1. The van der Waals surface area contributed by atoms with Gasteiger partial charge in [0.15, 0.2) is 6.10 Å². The highest BCUT2D eigenvalue weighted by Crippen LogP contribution is 2.32. The van der Waals surface area contributed by atoms with Crippen molar-refractivity contribution in [1.82, 2.24) is 10.3 Å². The van der Waals surface area contributed by atoms with Crippen molar-refractivity contribution in [2.75, 3.05) is 13.3 Å². The monoisotopic (exact) mass is 375 g/mol. The Labute approximate surface area is 151 Å². The lowest BCUT2D eigenvalue weighted by Gasteiger charge is -2.16. The fourth-order valence-electron chi connectivity index (χ4n) is 2.69. The Morgan fingerprint density at radius 3 is 2.23 bits per heavy atom. The van der Waals surface area contributed by atoms with Gasteiger partial charge in [0.1, 0.15) is 12.5 Å². The fraction of sp³-hybridized carbons (Fsp3) is 0.278. The minimum atomic E-state index is -2.78. The van der Waals surface area contributed by atoms with E-state index in [9.17, 15) is 9.67 Å².